The number of rotatable bonds is 11. The van der Waals surface area contributed by atoms with Gasteiger partial charge in [-0.1, -0.05) is 13.3 Å². The second kappa shape index (κ2) is 19.9. The molecule has 2 atom stereocenters. The van der Waals surface area contributed by atoms with Gasteiger partial charge in [0.1, 0.15) is 0 Å². The lowest BCUT2D eigenvalue weighted by Crippen LogP contribution is -2.42. The fraction of sp³-hybridized carbons (Fsp3) is 0.627. The molecule has 2 amide bonds. The molecule has 1 N–H and O–H groups in total. The van der Waals surface area contributed by atoms with Crippen LogP contribution in [0.2, 0.25) is 0 Å². The Morgan fingerprint density at radius 1 is 0.645 bits per heavy atom. The molecule has 4 aromatic rings. The van der Waals surface area contributed by atoms with Gasteiger partial charge in [0.2, 0.25) is 0 Å². The molecule has 0 bridgehead atoms. The summed E-state index contributed by atoms with van der Waals surface area (Å²) in [5.41, 5.74) is 10.0. The van der Waals surface area contributed by atoms with Gasteiger partial charge in [0.05, 0.1) is 0 Å². The van der Waals surface area contributed by atoms with Crippen molar-refractivity contribution in [1.82, 2.24) is 29.2 Å². The average Bonchev–Trinajstić information content (AvgIpc) is 4.04. The van der Waals surface area contributed by atoms with Crippen LogP contribution < -0.4 is 5.32 Å². The number of ether oxygens (including phenoxy) is 2. The molecule has 336 valence electrons. The van der Waals surface area contributed by atoms with Crippen LogP contribution in [0, 0.1) is 23.7 Å². The van der Waals surface area contributed by atoms with E-state index >= 15 is 0 Å². The second-order valence-electron chi connectivity index (χ2n) is 19.3. The number of benzene rings is 2. The summed E-state index contributed by atoms with van der Waals surface area (Å²) in [4.78, 5) is 31.9. The van der Waals surface area contributed by atoms with Crippen LogP contribution in [0.15, 0.2) is 36.4 Å². The average molecular weight is 865 g/mol. The van der Waals surface area contributed by atoms with Crippen LogP contribution in [0.1, 0.15) is 114 Å². The van der Waals surface area contributed by atoms with Crippen LogP contribution in [0.5, 0.6) is 0 Å². The van der Waals surface area contributed by atoms with Crippen LogP contribution in [-0.2, 0) is 49.3 Å². The maximum atomic E-state index is 13.3. The van der Waals surface area contributed by atoms with Crippen molar-refractivity contribution >= 4 is 51.0 Å². The Kier molecular flexibility index (Phi) is 14.3. The largest absolute Gasteiger partial charge is 0.381 e. The van der Waals surface area contributed by atoms with Gasteiger partial charge in [-0.25, -0.2) is 0 Å². The summed E-state index contributed by atoms with van der Waals surface area (Å²) in [6, 6.07) is 13.1. The van der Waals surface area contributed by atoms with Gasteiger partial charge in [0.15, 0.2) is 5.11 Å². The number of fused-ring (bicyclic) bond motifs is 6. The minimum atomic E-state index is 0.0748. The predicted octanol–water partition coefficient (Wildman–Crippen LogP) is 8.33. The van der Waals surface area contributed by atoms with Crippen LogP contribution >= 0.6 is 12.2 Å². The number of amides is 2. The van der Waals surface area contributed by atoms with Crippen molar-refractivity contribution in [3.8, 4) is 0 Å². The highest BCUT2D eigenvalue weighted by Gasteiger charge is 2.33. The lowest BCUT2D eigenvalue weighted by molar-refractivity contribution is 0.0438. The van der Waals surface area contributed by atoms with E-state index < -0.39 is 0 Å². The summed E-state index contributed by atoms with van der Waals surface area (Å²) >= 11 is 5.47. The lowest BCUT2D eigenvalue weighted by Gasteiger charge is -2.33. The smallest absolute Gasteiger partial charge is 0.253 e. The molecule has 2 saturated heterocycles. The first-order valence-electron chi connectivity index (χ1n) is 23.9. The highest BCUT2D eigenvalue weighted by atomic mass is 32.1. The van der Waals surface area contributed by atoms with Gasteiger partial charge in [-0.2, -0.15) is 0 Å². The Morgan fingerprint density at radius 2 is 1.10 bits per heavy atom. The van der Waals surface area contributed by atoms with Gasteiger partial charge < -0.3 is 38.6 Å². The third kappa shape index (κ3) is 9.75. The normalized spacial score (nSPS) is 20.5. The van der Waals surface area contributed by atoms with Gasteiger partial charge in [-0.3, -0.25) is 9.59 Å². The number of nitrogens with zero attached hydrogens (tertiary/aromatic N) is 5. The minimum Gasteiger partial charge on any atom is -0.381 e. The van der Waals surface area contributed by atoms with Gasteiger partial charge >= 0.3 is 0 Å². The number of hydrogen-bond acceptors (Lipinski definition) is 5. The molecule has 0 spiro atoms. The molecule has 4 heterocycles. The molecule has 62 heavy (non-hydrogen) atoms. The van der Waals surface area contributed by atoms with Gasteiger partial charge in [0, 0.05) is 132 Å². The Bertz CT molecular complexity index is 2230. The first kappa shape index (κ1) is 44.7. The molecule has 3 fully saturated rings. The van der Waals surface area contributed by atoms with Gasteiger partial charge in [-0.15, -0.1) is 0 Å². The standard InChI is InChI=1S/C27H38N4O2S.C24H34N2O2/c1-29(12-13-30(2)27(34)28-21-6-7-21)26(32)20-5-9-25-23(17-20)22-16-19(4-8-24(22)31(25)3)18-10-14-33-15-11-18;1-4-5-12-25(2)24(27)19-7-9-23-21(16-19)20-15-18(6-8-22(20)26(23)3)17-10-13-28-14-11-17/h5,9,17-19,21H,4,6-8,10-16H2,1-3H3,(H,28,34);7,9,16-18H,4-6,8,10-15H2,1-3H3. The Hall–Kier alpha value is -3.93. The van der Waals surface area contributed by atoms with Crippen molar-refractivity contribution in [1.29, 1.82) is 0 Å². The minimum absolute atomic E-state index is 0.0748. The van der Waals surface area contributed by atoms with Crippen LogP contribution in [0.3, 0.4) is 0 Å². The van der Waals surface area contributed by atoms with Gasteiger partial charge in [0.25, 0.3) is 11.8 Å². The maximum Gasteiger partial charge on any atom is 0.253 e. The monoisotopic (exact) mass is 865 g/mol. The van der Waals surface area contributed by atoms with Gasteiger partial charge in [-0.05, 0) is 167 Å². The molecule has 5 aliphatic rings. The lowest BCUT2D eigenvalue weighted by atomic mass is 9.75. The zero-order chi connectivity index (χ0) is 43.5. The molecular weight excluding hydrogens is 793 g/mol. The summed E-state index contributed by atoms with van der Waals surface area (Å²) in [6.07, 6.45) is 16.5. The molecule has 0 radical (unpaired) electrons. The molecular formula is C51H72N6O4S. The second-order valence-corrected chi connectivity index (χ2v) is 19.7. The number of carbonyl (C=O) groups is 2. The Labute approximate surface area is 375 Å². The van der Waals surface area contributed by atoms with Crippen molar-refractivity contribution in [3.05, 3.63) is 70.0 Å². The van der Waals surface area contributed by atoms with Crippen molar-refractivity contribution in [2.75, 3.05) is 67.2 Å². The highest BCUT2D eigenvalue weighted by Crippen LogP contribution is 2.41. The molecule has 2 aromatic carbocycles. The zero-order valence-electron chi connectivity index (χ0n) is 38.5. The Balaban J connectivity index is 0.000000174. The van der Waals surface area contributed by atoms with E-state index in [0.717, 1.165) is 118 Å². The predicted molar refractivity (Wildman–Crippen MR) is 254 cm³/mol. The van der Waals surface area contributed by atoms with E-state index in [2.05, 4.69) is 59.7 Å². The van der Waals surface area contributed by atoms with E-state index in [9.17, 15) is 9.59 Å². The van der Waals surface area contributed by atoms with E-state index in [1.807, 2.05) is 48.0 Å². The third-order valence-corrected chi connectivity index (χ3v) is 15.7. The van der Waals surface area contributed by atoms with E-state index in [1.165, 1.54) is 95.7 Å². The number of aryl methyl sites for hydroxylation is 2. The van der Waals surface area contributed by atoms with Crippen LogP contribution in [0.25, 0.3) is 21.8 Å². The number of unbranched alkanes of at least 4 members (excludes halogenated alkanes) is 1. The van der Waals surface area contributed by atoms with Crippen LogP contribution in [-0.4, -0.2) is 114 Å². The number of thiocarbonyl (C=S) groups is 1. The summed E-state index contributed by atoms with van der Waals surface area (Å²) in [6.45, 7) is 8.01. The fourth-order valence-electron chi connectivity index (χ4n) is 11.0. The summed E-state index contributed by atoms with van der Waals surface area (Å²) < 4.78 is 15.9. The van der Waals surface area contributed by atoms with E-state index in [1.54, 1.807) is 0 Å². The summed E-state index contributed by atoms with van der Waals surface area (Å²) in [5.74, 6) is 3.27. The molecule has 10 nitrogen and oxygen atoms in total. The molecule has 2 aliphatic heterocycles. The number of carbonyl (C=O) groups excluding carboxylic acids is 2. The Morgan fingerprint density at radius 3 is 1.55 bits per heavy atom. The summed E-state index contributed by atoms with van der Waals surface area (Å²) in [7, 11) is 10.2. The van der Waals surface area contributed by atoms with Crippen molar-refractivity contribution in [2.45, 2.75) is 103 Å². The fourth-order valence-corrected chi connectivity index (χ4v) is 11.3. The molecule has 1 saturated carbocycles. The molecule has 2 aromatic heterocycles. The third-order valence-electron chi connectivity index (χ3n) is 15.2. The number of nitrogens with one attached hydrogen (secondary N) is 1. The number of likely N-dealkylation sites (N-methyl/N-ethyl adjacent to an activating group) is 2. The van der Waals surface area contributed by atoms with Crippen molar-refractivity contribution in [2.24, 2.45) is 37.8 Å². The molecule has 2 unspecified atom stereocenters. The molecule has 11 heteroatoms. The molecule has 9 rings (SSSR count). The topological polar surface area (TPSA) is 84.2 Å². The van der Waals surface area contributed by atoms with E-state index in [4.69, 9.17) is 21.7 Å². The van der Waals surface area contributed by atoms with E-state index in [0.29, 0.717) is 12.6 Å². The number of aromatic nitrogens is 2. The first-order chi connectivity index (χ1) is 30.0. The highest BCUT2D eigenvalue weighted by molar-refractivity contribution is 7.80. The molecule has 3 aliphatic carbocycles. The van der Waals surface area contributed by atoms with E-state index in [-0.39, 0.29) is 11.8 Å². The first-order valence-corrected chi connectivity index (χ1v) is 24.3. The van der Waals surface area contributed by atoms with Crippen LogP contribution in [0.4, 0.5) is 0 Å². The quantitative estimate of drug-likeness (QED) is 0.152. The SMILES string of the molecule is CCCCN(C)C(=O)c1ccc2c(c1)c1c(n2C)CCC(C2CCOCC2)C1.CN(CCN(C)C(=S)NC1CC1)C(=O)c1ccc2c(c1)c1c(n2C)CCC(C2CCOCC2)C1. The zero-order valence-corrected chi connectivity index (χ0v) is 39.3. The van der Waals surface area contributed by atoms with Crippen molar-refractivity contribution in [3.63, 3.8) is 0 Å². The summed E-state index contributed by atoms with van der Waals surface area (Å²) in [5, 5.41) is 6.70. The number of hydrogen-bond donors (Lipinski definition) is 1. The van der Waals surface area contributed by atoms with Crippen molar-refractivity contribution < 1.29 is 19.1 Å². The maximum absolute atomic E-state index is 13.3.